The highest BCUT2D eigenvalue weighted by Crippen LogP contribution is 2.52. The van der Waals surface area contributed by atoms with Crippen molar-refractivity contribution in [2.24, 2.45) is 28.7 Å². The van der Waals surface area contributed by atoms with Gasteiger partial charge in [0.2, 0.25) is 11.8 Å². The number of hydrogen-bond donors (Lipinski definition) is 2. The molecule has 7 nitrogen and oxygen atoms in total. The minimum absolute atomic E-state index is 0.0438. The molecule has 2 N–H and O–H groups in total. The molecule has 0 aromatic rings. The van der Waals surface area contributed by atoms with E-state index in [-0.39, 0.29) is 35.5 Å². The molecule has 2 fully saturated rings. The van der Waals surface area contributed by atoms with E-state index in [9.17, 15) is 9.59 Å². The van der Waals surface area contributed by atoms with Gasteiger partial charge in [-0.2, -0.15) is 0 Å². The van der Waals surface area contributed by atoms with Gasteiger partial charge < -0.3 is 15.5 Å². The molecule has 2 amide bonds. The van der Waals surface area contributed by atoms with Crippen molar-refractivity contribution in [1.82, 2.24) is 20.4 Å². The van der Waals surface area contributed by atoms with Crippen molar-refractivity contribution >= 4 is 17.8 Å². The predicted octanol–water partition coefficient (Wildman–Crippen LogP) is 1.47. The maximum absolute atomic E-state index is 12.7. The Morgan fingerprint density at radius 1 is 1.07 bits per heavy atom. The summed E-state index contributed by atoms with van der Waals surface area (Å²) in [4.78, 5) is 33.9. The molecule has 0 aromatic carbocycles. The maximum atomic E-state index is 12.7. The van der Waals surface area contributed by atoms with Crippen LogP contribution in [0.25, 0.3) is 0 Å². The number of carbonyl (C=O) groups excluding carboxylic acids is 2. The number of likely N-dealkylation sites (tertiary alicyclic amines) is 1. The molecule has 2 bridgehead atoms. The zero-order valence-corrected chi connectivity index (χ0v) is 18.2. The van der Waals surface area contributed by atoms with Gasteiger partial charge in [-0.15, -0.1) is 0 Å². The number of rotatable bonds is 11. The van der Waals surface area contributed by atoms with Crippen LogP contribution in [0.3, 0.4) is 0 Å². The van der Waals surface area contributed by atoms with E-state index >= 15 is 0 Å². The van der Waals surface area contributed by atoms with Crippen molar-refractivity contribution in [2.45, 2.75) is 40.0 Å². The van der Waals surface area contributed by atoms with Gasteiger partial charge in [-0.1, -0.05) is 26.0 Å². The van der Waals surface area contributed by atoms with Gasteiger partial charge in [-0.3, -0.25) is 19.5 Å². The average molecular weight is 404 g/mol. The highest BCUT2D eigenvalue weighted by molar-refractivity contribution is 6.06. The van der Waals surface area contributed by atoms with Gasteiger partial charge in [-0.05, 0) is 57.7 Å². The minimum Gasteiger partial charge on any atom is -0.357 e. The van der Waals surface area contributed by atoms with Gasteiger partial charge in [0.25, 0.3) is 0 Å². The van der Waals surface area contributed by atoms with E-state index in [4.69, 9.17) is 0 Å². The second-order valence-electron chi connectivity index (χ2n) is 8.25. The van der Waals surface area contributed by atoms with Crippen LogP contribution in [0.4, 0.5) is 0 Å². The first-order valence-electron chi connectivity index (χ1n) is 11.4. The molecule has 0 radical (unpaired) electrons. The minimum atomic E-state index is -0.0919. The number of guanidine groups is 1. The monoisotopic (exact) mass is 403 g/mol. The number of nitrogens with zero attached hydrogens (tertiary/aromatic N) is 3. The smallest absolute Gasteiger partial charge is 0.233 e. The SMILES string of the molecule is CCNC(=NCCCN1C(=O)C2C3C=CC(C3)C2C1=O)NCCCN(CC)CC. The fraction of sp³-hybridized carbons (Fsp3) is 0.773. The molecular weight excluding hydrogens is 366 g/mol. The Labute approximate surface area is 175 Å². The molecule has 162 valence electrons. The van der Waals surface area contributed by atoms with Crippen molar-refractivity contribution in [3.63, 3.8) is 0 Å². The number of allylic oxidation sites excluding steroid dienone is 2. The fourth-order valence-electron chi connectivity index (χ4n) is 5.00. The van der Waals surface area contributed by atoms with Gasteiger partial charge in [0.05, 0.1) is 11.8 Å². The van der Waals surface area contributed by atoms with Crippen LogP contribution >= 0.6 is 0 Å². The van der Waals surface area contributed by atoms with Gasteiger partial charge >= 0.3 is 0 Å². The van der Waals surface area contributed by atoms with E-state index in [1.807, 2.05) is 0 Å². The molecule has 1 saturated heterocycles. The van der Waals surface area contributed by atoms with E-state index in [1.165, 1.54) is 4.90 Å². The molecule has 1 heterocycles. The molecule has 7 heteroatoms. The van der Waals surface area contributed by atoms with Gasteiger partial charge in [0.1, 0.15) is 0 Å². The first kappa shape index (κ1) is 21.8. The lowest BCUT2D eigenvalue weighted by Crippen LogP contribution is -2.39. The molecule has 4 unspecified atom stereocenters. The molecule has 0 spiro atoms. The van der Waals surface area contributed by atoms with Crippen molar-refractivity contribution in [3.8, 4) is 0 Å². The molecule has 29 heavy (non-hydrogen) atoms. The molecular formula is C22H37N5O2. The van der Waals surface area contributed by atoms with Crippen molar-refractivity contribution in [3.05, 3.63) is 12.2 Å². The van der Waals surface area contributed by atoms with Crippen LogP contribution in [-0.2, 0) is 9.59 Å². The first-order valence-corrected chi connectivity index (χ1v) is 11.4. The third-order valence-corrected chi connectivity index (χ3v) is 6.55. The molecule has 3 rings (SSSR count). The summed E-state index contributed by atoms with van der Waals surface area (Å²) >= 11 is 0. The summed E-state index contributed by atoms with van der Waals surface area (Å²) in [6, 6.07) is 0. The van der Waals surface area contributed by atoms with Crippen LogP contribution in [0.2, 0.25) is 0 Å². The second kappa shape index (κ2) is 10.2. The van der Waals surface area contributed by atoms with E-state index in [0.717, 1.165) is 51.5 Å². The van der Waals surface area contributed by atoms with Gasteiger partial charge in [0, 0.05) is 26.2 Å². The highest BCUT2D eigenvalue weighted by Gasteiger charge is 2.58. The lowest BCUT2D eigenvalue weighted by molar-refractivity contribution is -0.140. The second-order valence-corrected chi connectivity index (χ2v) is 8.25. The van der Waals surface area contributed by atoms with E-state index in [1.54, 1.807) is 0 Å². The first-order chi connectivity index (χ1) is 14.1. The topological polar surface area (TPSA) is 77.0 Å². The average Bonchev–Trinajstić information content (AvgIpc) is 3.40. The summed E-state index contributed by atoms with van der Waals surface area (Å²) in [5.74, 6) is 1.28. The van der Waals surface area contributed by atoms with Gasteiger partial charge in [0.15, 0.2) is 5.96 Å². The van der Waals surface area contributed by atoms with Crippen LogP contribution in [0.15, 0.2) is 17.1 Å². The largest absolute Gasteiger partial charge is 0.357 e. The zero-order valence-electron chi connectivity index (χ0n) is 18.2. The Kier molecular flexibility index (Phi) is 7.70. The number of imide groups is 1. The highest BCUT2D eigenvalue weighted by atomic mass is 16.2. The predicted molar refractivity (Wildman–Crippen MR) is 115 cm³/mol. The quantitative estimate of drug-likeness (QED) is 0.180. The Hall–Kier alpha value is -1.89. The number of carbonyl (C=O) groups is 2. The van der Waals surface area contributed by atoms with Crippen LogP contribution in [0, 0.1) is 23.7 Å². The molecule has 1 aliphatic heterocycles. The molecule has 1 saturated carbocycles. The summed E-state index contributed by atoms with van der Waals surface area (Å²) < 4.78 is 0. The standard InChI is InChI=1S/C22H37N5O2/c1-4-23-22(24-11-7-13-26(5-2)6-3)25-12-8-14-27-20(28)18-16-9-10-17(15-16)19(18)21(27)29/h9-10,16-19H,4-8,11-15H2,1-3H3,(H2,23,24,25). The number of amides is 2. The number of nitrogens with one attached hydrogen (secondary N) is 2. The van der Waals surface area contributed by atoms with Crippen molar-refractivity contribution in [1.29, 1.82) is 0 Å². The molecule has 2 aliphatic carbocycles. The van der Waals surface area contributed by atoms with E-state index < -0.39 is 0 Å². The van der Waals surface area contributed by atoms with Crippen LogP contribution < -0.4 is 10.6 Å². The number of aliphatic imine (C=N–C) groups is 1. The third-order valence-electron chi connectivity index (χ3n) is 6.55. The molecule has 3 aliphatic rings. The van der Waals surface area contributed by atoms with E-state index in [2.05, 4.69) is 53.4 Å². The summed E-state index contributed by atoms with van der Waals surface area (Å²) in [5, 5.41) is 6.65. The number of hydrogen-bond acceptors (Lipinski definition) is 4. The zero-order chi connectivity index (χ0) is 20.8. The van der Waals surface area contributed by atoms with Crippen molar-refractivity contribution < 1.29 is 9.59 Å². The fourth-order valence-corrected chi connectivity index (χ4v) is 5.00. The van der Waals surface area contributed by atoms with Crippen LogP contribution in [-0.4, -0.2) is 73.4 Å². The van der Waals surface area contributed by atoms with Gasteiger partial charge in [-0.25, -0.2) is 0 Å². The lowest BCUT2D eigenvalue weighted by atomic mass is 9.85. The van der Waals surface area contributed by atoms with E-state index in [0.29, 0.717) is 19.5 Å². The summed E-state index contributed by atoms with van der Waals surface area (Å²) in [6.45, 7) is 12.4. The Morgan fingerprint density at radius 3 is 2.31 bits per heavy atom. The van der Waals surface area contributed by atoms with Crippen LogP contribution in [0.1, 0.15) is 40.0 Å². The normalized spacial score (nSPS) is 28.0. The maximum Gasteiger partial charge on any atom is 0.233 e. The third kappa shape index (κ3) is 4.82. The summed E-state index contributed by atoms with van der Waals surface area (Å²) in [6.07, 6.45) is 7.04. The summed E-state index contributed by atoms with van der Waals surface area (Å²) in [5.41, 5.74) is 0. The Bertz CT molecular complexity index is 613. The molecule has 0 aromatic heterocycles. The lowest BCUT2D eigenvalue weighted by Gasteiger charge is -2.18. The van der Waals surface area contributed by atoms with Crippen molar-refractivity contribution in [2.75, 3.05) is 45.8 Å². The molecule has 4 atom stereocenters. The van der Waals surface area contributed by atoms with Crippen LogP contribution in [0.5, 0.6) is 0 Å². The Balaban J connectivity index is 1.41. The number of fused-ring (bicyclic) bond motifs is 5. The summed E-state index contributed by atoms with van der Waals surface area (Å²) in [7, 11) is 0. The Morgan fingerprint density at radius 2 is 1.72 bits per heavy atom.